The zero-order chi connectivity index (χ0) is 17.6. The molecular formula is C19H22BrNO3. The Labute approximate surface area is 150 Å². The van der Waals surface area contributed by atoms with Crippen LogP contribution in [0.25, 0.3) is 0 Å². The first-order valence-corrected chi connectivity index (χ1v) is 9.07. The van der Waals surface area contributed by atoms with Crippen molar-refractivity contribution in [2.75, 3.05) is 5.32 Å². The molecule has 0 saturated heterocycles. The fourth-order valence-electron chi connectivity index (χ4n) is 4.55. The quantitative estimate of drug-likeness (QED) is 0.750. The lowest BCUT2D eigenvalue weighted by Gasteiger charge is -2.26. The van der Waals surface area contributed by atoms with Gasteiger partial charge in [-0.2, -0.15) is 0 Å². The van der Waals surface area contributed by atoms with E-state index in [2.05, 4.69) is 21.2 Å². The van der Waals surface area contributed by atoms with Gasteiger partial charge < -0.3 is 10.4 Å². The second kappa shape index (κ2) is 6.36. The van der Waals surface area contributed by atoms with E-state index in [9.17, 15) is 14.7 Å². The standard InChI is InChI=1S/C19H22BrNO3/c1-9(2)15-12-5-6-13(15)17(19(23)24)16(12)18(22)21-11-4-7-14(20)10(3)8-11/h4,7-8,12-13,16-17H,5-6H2,1-3H3,(H,21,22)(H,23,24)/t12-,13-,16+,17-/m1/s1. The molecule has 2 fully saturated rings. The molecule has 2 aliphatic carbocycles. The average molecular weight is 392 g/mol. The Morgan fingerprint density at radius 1 is 1.17 bits per heavy atom. The number of anilines is 1. The van der Waals surface area contributed by atoms with E-state index in [1.54, 1.807) is 0 Å². The molecule has 1 aromatic carbocycles. The summed E-state index contributed by atoms with van der Waals surface area (Å²) < 4.78 is 0.982. The van der Waals surface area contributed by atoms with Gasteiger partial charge in [0.1, 0.15) is 0 Å². The molecule has 128 valence electrons. The highest BCUT2D eigenvalue weighted by molar-refractivity contribution is 9.10. The maximum Gasteiger partial charge on any atom is 0.307 e. The van der Waals surface area contributed by atoms with E-state index in [0.717, 1.165) is 22.9 Å². The number of carboxylic acids is 1. The maximum absolute atomic E-state index is 12.9. The predicted octanol–water partition coefficient (Wildman–Crippen LogP) is 4.39. The number of rotatable bonds is 3. The smallest absolute Gasteiger partial charge is 0.307 e. The molecule has 0 radical (unpaired) electrons. The second-order valence-corrected chi connectivity index (χ2v) is 7.94. The van der Waals surface area contributed by atoms with Gasteiger partial charge in [-0.25, -0.2) is 0 Å². The number of hydrogen-bond donors (Lipinski definition) is 2. The van der Waals surface area contributed by atoms with Gasteiger partial charge in [-0.1, -0.05) is 27.1 Å². The molecule has 5 heteroatoms. The van der Waals surface area contributed by atoms with Crippen molar-refractivity contribution in [3.63, 3.8) is 0 Å². The third kappa shape index (κ3) is 2.79. The van der Waals surface area contributed by atoms with Gasteiger partial charge >= 0.3 is 5.97 Å². The number of carboxylic acid groups (broad SMARTS) is 1. The van der Waals surface area contributed by atoms with Gasteiger partial charge in [0.2, 0.25) is 5.91 Å². The van der Waals surface area contributed by atoms with Crippen molar-refractivity contribution in [1.29, 1.82) is 0 Å². The number of nitrogens with one attached hydrogen (secondary N) is 1. The normalized spacial score (nSPS) is 28.1. The lowest BCUT2D eigenvalue weighted by molar-refractivity contribution is -0.148. The minimum atomic E-state index is -0.854. The summed E-state index contributed by atoms with van der Waals surface area (Å²) in [5, 5.41) is 12.6. The Hall–Kier alpha value is -1.62. The SMILES string of the molecule is CC(C)=C1[C@H]2CC[C@H]1[C@@H](C(=O)O)[C@H]2C(=O)Nc1ccc(Br)c(C)c1. The molecule has 0 aromatic heterocycles. The van der Waals surface area contributed by atoms with E-state index in [1.807, 2.05) is 39.0 Å². The largest absolute Gasteiger partial charge is 0.481 e. The zero-order valence-corrected chi connectivity index (χ0v) is 15.7. The van der Waals surface area contributed by atoms with Gasteiger partial charge in [0.25, 0.3) is 0 Å². The molecule has 2 bridgehead atoms. The highest BCUT2D eigenvalue weighted by Gasteiger charge is 2.57. The number of hydrogen-bond acceptors (Lipinski definition) is 2. The fraction of sp³-hybridized carbons (Fsp3) is 0.474. The first-order valence-electron chi connectivity index (χ1n) is 8.28. The van der Waals surface area contributed by atoms with Crippen molar-refractivity contribution in [2.24, 2.45) is 23.7 Å². The number of fused-ring (bicyclic) bond motifs is 2. The molecule has 0 spiro atoms. The van der Waals surface area contributed by atoms with Gasteiger partial charge in [0.15, 0.2) is 0 Å². The van der Waals surface area contributed by atoms with Gasteiger partial charge in [-0.05, 0) is 69.2 Å². The van der Waals surface area contributed by atoms with Crippen molar-refractivity contribution in [2.45, 2.75) is 33.6 Å². The molecule has 24 heavy (non-hydrogen) atoms. The summed E-state index contributed by atoms with van der Waals surface area (Å²) in [6.45, 7) is 6.01. The number of aryl methyl sites for hydroxylation is 1. The summed E-state index contributed by atoms with van der Waals surface area (Å²) in [7, 11) is 0. The lowest BCUT2D eigenvalue weighted by atomic mass is 9.78. The first-order chi connectivity index (χ1) is 11.3. The second-order valence-electron chi connectivity index (χ2n) is 7.09. The Kier molecular flexibility index (Phi) is 4.56. The molecule has 2 saturated carbocycles. The van der Waals surface area contributed by atoms with Crippen LogP contribution in [0.1, 0.15) is 32.3 Å². The van der Waals surface area contributed by atoms with Crippen molar-refractivity contribution >= 4 is 33.5 Å². The van der Waals surface area contributed by atoms with E-state index < -0.39 is 17.8 Å². The highest BCUT2D eigenvalue weighted by atomic mass is 79.9. The summed E-state index contributed by atoms with van der Waals surface area (Å²) in [4.78, 5) is 24.7. The van der Waals surface area contributed by atoms with Crippen LogP contribution in [-0.2, 0) is 9.59 Å². The predicted molar refractivity (Wildman–Crippen MR) is 96.7 cm³/mol. The Bertz CT molecular complexity index is 736. The van der Waals surface area contributed by atoms with Gasteiger partial charge in [0, 0.05) is 10.2 Å². The Morgan fingerprint density at radius 3 is 2.33 bits per heavy atom. The topological polar surface area (TPSA) is 66.4 Å². The number of carbonyl (C=O) groups excluding carboxylic acids is 1. The summed E-state index contributed by atoms with van der Waals surface area (Å²) in [6, 6.07) is 5.62. The molecule has 0 heterocycles. The number of carbonyl (C=O) groups is 2. The number of halogens is 1. The monoisotopic (exact) mass is 391 g/mol. The number of amides is 1. The van der Waals surface area contributed by atoms with Crippen LogP contribution < -0.4 is 5.32 Å². The van der Waals surface area contributed by atoms with E-state index in [4.69, 9.17) is 0 Å². The third-order valence-corrected chi connectivity index (χ3v) is 6.32. The molecule has 1 amide bonds. The minimum Gasteiger partial charge on any atom is -0.481 e. The number of benzene rings is 1. The van der Waals surface area contributed by atoms with E-state index in [0.29, 0.717) is 5.69 Å². The summed E-state index contributed by atoms with van der Waals surface area (Å²) in [5.41, 5.74) is 4.12. The molecule has 2 aliphatic rings. The maximum atomic E-state index is 12.9. The van der Waals surface area contributed by atoms with Crippen LogP contribution in [0.5, 0.6) is 0 Å². The van der Waals surface area contributed by atoms with Gasteiger partial charge in [-0.3, -0.25) is 9.59 Å². The van der Waals surface area contributed by atoms with Crippen LogP contribution in [0.2, 0.25) is 0 Å². The van der Waals surface area contributed by atoms with Crippen LogP contribution >= 0.6 is 15.9 Å². The van der Waals surface area contributed by atoms with Gasteiger partial charge in [0.05, 0.1) is 11.8 Å². The Morgan fingerprint density at radius 2 is 1.79 bits per heavy atom. The zero-order valence-electron chi connectivity index (χ0n) is 14.1. The molecule has 2 N–H and O–H groups in total. The molecule has 0 aliphatic heterocycles. The third-order valence-electron chi connectivity index (χ3n) is 5.43. The fourth-order valence-corrected chi connectivity index (χ4v) is 4.80. The molecule has 4 atom stereocenters. The number of aliphatic carboxylic acids is 1. The molecule has 1 aromatic rings. The summed E-state index contributed by atoms with van der Waals surface area (Å²) in [5.74, 6) is -2.03. The summed E-state index contributed by atoms with van der Waals surface area (Å²) >= 11 is 3.44. The lowest BCUT2D eigenvalue weighted by Crippen LogP contribution is -2.37. The van der Waals surface area contributed by atoms with Crippen molar-refractivity contribution in [1.82, 2.24) is 0 Å². The molecule has 3 rings (SSSR count). The van der Waals surface area contributed by atoms with Crippen molar-refractivity contribution in [3.8, 4) is 0 Å². The van der Waals surface area contributed by atoms with Crippen LogP contribution in [-0.4, -0.2) is 17.0 Å². The first kappa shape index (κ1) is 17.2. The van der Waals surface area contributed by atoms with Crippen molar-refractivity contribution < 1.29 is 14.7 Å². The van der Waals surface area contributed by atoms with E-state index in [-0.39, 0.29) is 17.7 Å². The molecule has 0 unspecified atom stereocenters. The van der Waals surface area contributed by atoms with Gasteiger partial charge in [-0.15, -0.1) is 0 Å². The van der Waals surface area contributed by atoms with Crippen LogP contribution in [0.3, 0.4) is 0 Å². The molecular weight excluding hydrogens is 370 g/mol. The summed E-state index contributed by atoms with van der Waals surface area (Å²) in [6.07, 6.45) is 1.79. The van der Waals surface area contributed by atoms with Crippen LogP contribution in [0.15, 0.2) is 33.8 Å². The van der Waals surface area contributed by atoms with E-state index in [1.165, 1.54) is 11.1 Å². The average Bonchev–Trinajstić information content (AvgIpc) is 3.06. The Balaban J connectivity index is 1.89. The number of allylic oxidation sites excluding steroid dienone is 2. The van der Waals surface area contributed by atoms with Crippen molar-refractivity contribution in [3.05, 3.63) is 39.4 Å². The van der Waals surface area contributed by atoms with Crippen LogP contribution in [0, 0.1) is 30.6 Å². The minimum absolute atomic E-state index is 0.0138. The van der Waals surface area contributed by atoms with E-state index >= 15 is 0 Å². The highest BCUT2D eigenvalue weighted by Crippen LogP contribution is 2.57. The molecule has 4 nitrogen and oxygen atoms in total. The van der Waals surface area contributed by atoms with Crippen LogP contribution in [0.4, 0.5) is 5.69 Å².